The number of carbonyl (C=O) groups excluding carboxylic acids is 1. The first-order chi connectivity index (χ1) is 8.56. The highest BCUT2D eigenvalue weighted by atomic mass is 19.1. The highest BCUT2D eigenvalue weighted by Gasteiger charge is 2.13. The van der Waals surface area contributed by atoms with E-state index >= 15 is 0 Å². The molecule has 0 aliphatic rings. The normalized spacial score (nSPS) is 10.5. The molecule has 1 rings (SSSR count). The van der Waals surface area contributed by atoms with Gasteiger partial charge in [-0.3, -0.25) is 10.6 Å². The van der Waals surface area contributed by atoms with E-state index in [4.69, 9.17) is 5.84 Å². The third-order valence-corrected chi connectivity index (χ3v) is 2.47. The predicted octanol–water partition coefficient (Wildman–Crippen LogP) is 0.793. The van der Waals surface area contributed by atoms with Crippen molar-refractivity contribution in [3.8, 4) is 0 Å². The standard InChI is InChI=1S/C12H19FN4O/c1-17(2)8-4-7-15-12(18)9-5-3-6-10(13)11(9)16-14/h3,5-6,16H,4,7-8,14H2,1-2H3,(H,15,18). The minimum atomic E-state index is -0.543. The molecule has 6 heteroatoms. The Morgan fingerprint density at radius 2 is 2.17 bits per heavy atom. The van der Waals surface area contributed by atoms with Crippen LogP contribution in [-0.2, 0) is 0 Å². The van der Waals surface area contributed by atoms with Crippen LogP contribution in [0.3, 0.4) is 0 Å². The molecule has 0 bridgehead atoms. The maximum atomic E-state index is 13.4. The van der Waals surface area contributed by atoms with Crippen molar-refractivity contribution in [1.29, 1.82) is 0 Å². The second kappa shape index (κ2) is 6.93. The maximum Gasteiger partial charge on any atom is 0.253 e. The summed E-state index contributed by atoms with van der Waals surface area (Å²) in [5, 5.41) is 2.73. The van der Waals surface area contributed by atoms with Crippen molar-refractivity contribution in [2.24, 2.45) is 5.84 Å². The van der Waals surface area contributed by atoms with E-state index in [2.05, 4.69) is 10.7 Å². The van der Waals surface area contributed by atoms with Gasteiger partial charge in [-0.2, -0.15) is 0 Å². The van der Waals surface area contributed by atoms with E-state index in [1.54, 1.807) is 0 Å². The van der Waals surface area contributed by atoms with E-state index in [0.717, 1.165) is 13.0 Å². The Balaban J connectivity index is 2.59. The first-order valence-corrected chi connectivity index (χ1v) is 5.74. The Morgan fingerprint density at radius 3 is 2.78 bits per heavy atom. The average molecular weight is 254 g/mol. The molecule has 0 fully saturated rings. The lowest BCUT2D eigenvalue weighted by molar-refractivity contribution is 0.0952. The summed E-state index contributed by atoms with van der Waals surface area (Å²) in [7, 11) is 3.93. The van der Waals surface area contributed by atoms with Crippen LogP contribution in [0.4, 0.5) is 10.1 Å². The van der Waals surface area contributed by atoms with Crippen LogP contribution in [0.5, 0.6) is 0 Å². The van der Waals surface area contributed by atoms with Gasteiger partial charge in [-0.25, -0.2) is 4.39 Å². The number of rotatable bonds is 6. The summed E-state index contributed by atoms with van der Waals surface area (Å²) in [5.74, 6) is 4.33. The molecule has 100 valence electrons. The van der Waals surface area contributed by atoms with Gasteiger partial charge in [-0.1, -0.05) is 6.07 Å². The van der Waals surface area contributed by atoms with Crippen molar-refractivity contribution >= 4 is 11.6 Å². The number of benzene rings is 1. The van der Waals surface area contributed by atoms with E-state index in [1.807, 2.05) is 19.0 Å². The number of amides is 1. The fourth-order valence-electron chi connectivity index (χ4n) is 1.55. The smallest absolute Gasteiger partial charge is 0.253 e. The van der Waals surface area contributed by atoms with E-state index in [0.29, 0.717) is 6.54 Å². The van der Waals surface area contributed by atoms with Gasteiger partial charge in [0.25, 0.3) is 5.91 Å². The van der Waals surface area contributed by atoms with Crippen LogP contribution in [0, 0.1) is 5.82 Å². The number of nitrogens with zero attached hydrogens (tertiary/aromatic N) is 1. The van der Waals surface area contributed by atoms with Crippen LogP contribution in [0.25, 0.3) is 0 Å². The Bertz CT molecular complexity index is 409. The average Bonchev–Trinajstić information content (AvgIpc) is 2.33. The van der Waals surface area contributed by atoms with Crippen molar-refractivity contribution in [3.05, 3.63) is 29.6 Å². The van der Waals surface area contributed by atoms with Crippen LogP contribution in [0.15, 0.2) is 18.2 Å². The van der Waals surface area contributed by atoms with Gasteiger partial charge in [0, 0.05) is 6.54 Å². The molecule has 0 atom stereocenters. The minimum absolute atomic E-state index is 0.0163. The van der Waals surface area contributed by atoms with Crippen molar-refractivity contribution < 1.29 is 9.18 Å². The van der Waals surface area contributed by atoms with Crippen LogP contribution in [0.2, 0.25) is 0 Å². The Hall–Kier alpha value is -1.66. The second-order valence-corrected chi connectivity index (χ2v) is 4.22. The molecule has 1 aromatic rings. The van der Waals surface area contributed by atoms with E-state index in [1.165, 1.54) is 18.2 Å². The van der Waals surface area contributed by atoms with Gasteiger partial charge >= 0.3 is 0 Å². The number of anilines is 1. The van der Waals surface area contributed by atoms with E-state index < -0.39 is 5.82 Å². The summed E-state index contributed by atoms with van der Waals surface area (Å²) < 4.78 is 13.4. The quantitative estimate of drug-likeness (QED) is 0.399. The zero-order valence-electron chi connectivity index (χ0n) is 10.7. The Labute approximate surface area is 106 Å². The largest absolute Gasteiger partial charge is 0.352 e. The van der Waals surface area contributed by atoms with Crippen LogP contribution in [0.1, 0.15) is 16.8 Å². The molecule has 5 nitrogen and oxygen atoms in total. The molecule has 0 spiro atoms. The molecule has 0 heterocycles. The van der Waals surface area contributed by atoms with E-state index in [9.17, 15) is 9.18 Å². The van der Waals surface area contributed by atoms with Crippen molar-refractivity contribution in [3.63, 3.8) is 0 Å². The lowest BCUT2D eigenvalue weighted by Gasteiger charge is -2.12. The van der Waals surface area contributed by atoms with Crippen LogP contribution in [-0.4, -0.2) is 38.0 Å². The highest BCUT2D eigenvalue weighted by molar-refractivity contribution is 5.99. The Morgan fingerprint density at radius 1 is 1.44 bits per heavy atom. The van der Waals surface area contributed by atoms with E-state index in [-0.39, 0.29) is 17.2 Å². The topological polar surface area (TPSA) is 70.4 Å². The van der Waals surface area contributed by atoms with Gasteiger partial charge in [-0.05, 0) is 39.2 Å². The van der Waals surface area contributed by atoms with Gasteiger partial charge in [0.2, 0.25) is 0 Å². The summed E-state index contributed by atoms with van der Waals surface area (Å²) in [6, 6.07) is 4.25. The molecule has 18 heavy (non-hydrogen) atoms. The number of para-hydroxylation sites is 1. The third kappa shape index (κ3) is 3.97. The number of hydrogen-bond acceptors (Lipinski definition) is 4. The van der Waals surface area contributed by atoms with Gasteiger partial charge < -0.3 is 15.6 Å². The molecule has 4 N–H and O–H groups in total. The third-order valence-electron chi connectivity index (χ3n) is 2.47. The van der Waals surface area contributed by atoms with Crippen LogP contribution < -0.4 is 16.6 Å². The molecular weight excluding hydrogens is 235 g/mol. The summed E-state index contributed by atoms with van der Waals surface area (Å²) in [4.78, 5) is 13.9. The zero-order chi connectivity index (χ0) is 13.5. The fourth-order valence-corrected chi connectivity index (χ4v) is 1.55. The fraction of sp³-hybridized carbons (Fsp3) is 0.417. The molecule has 0 aliphatic carbocycles. The first-order valence-electron chi connectivity index (χ1n) is 5.74. The van der Waals surface area contributed by atoms with Gasteiger partial charge in [0.1, 0.15) is 5.82 Å². The molecular formula is C12H19FN4O. The summed E-state index contributed by atoms with van der Waals surface area (Å²) in [6.45, 7) is 1.42. The lowest BCUT2D eigenvalue weighted by Crippen LogP contribution is -2.28. The molecule has 0 radical (unpaired) electrons. The molecule has 0 unspecified atom stereocenters. The monoisotopic (exact) mass is 254 g/mol. The number of halogens is 1. The number of nitrogens with one attached hydrogen (secondary N) is 2. The van der Waals surface area contributed by atoms with Crippen molar-refractivity contribution in [2.75, 3.05) is 32.6 Å². The number of hydrazine groups is 1. The molecule has 1 amide bonds. The highest BCUT2D eigenvalue weighted by Crippen LogP contribution is 2.18. The van der Waals surface area contributed by atoms with Gasteiger partial charge in [-0.15, -0.1) is 0 Å². The molecule has 0 aromatic heterocycles. The summed E-state index contributed by atoms with van der Waals surface area (Å²) >= 11 is 0. The number of carbonyl (C=O) groups is 1. The van der Waals surface area contributed by atoms with Gasteiger partial charge in [0.15, 0.2) is 0 Å². The van der Waals surface area contributed by atoms with Gasteiger partial charge in [0.05, 0.1) is 11.3 Å². The number of nitrogen functional groups attached to an aromatic ring is 1. The first kappa shape index (κ1) is 14.4. The number of hydrogen-bond donors (Lipinski definition) is 3. The molecule has 1 aromatic carbocycles. The minimum Gasteiger partial charge on any atom is -0.352 e. The lowest BCUT2D eigenvalue weighted by atomic mass is 10.1. The zero-order valence-corrected chi connectivity index (χ0v) is 10.7. The SMILES string of the molecule is CN(C)CCCNC(=O)c1cccc(F)c1NN. The molecule has 0 saturated heterocycles. The Kier molecular flexibility index (Phi) is 5.54. The van der Waals surface area contributed by atoms with Crippen molar-refractivity contribution in [1.82, 2.24) is 10.2 Å². The predicted molar refractivity (Wildman–Crippen MR) is 69.7 cm³/mol. The second-order valence-electron chi connectivity index (χ2n) is 4.22. The van der Waals surface area contributed by atoms with Crippen molar-refractivity contribution in [2.45, 2.75) is 6.42 Å². The summed E-state index contributed by atoms with van der Waals surface area (Å²) in [5.41, 5.74) is 2.44. The number of nitrogens with two attached hydrogens (primary N) is 1. The molecule has 0 saturated carbocycles. The van der Waals surface area contributed by atoms with Crippen LogP contribution >= 0.6 is 0 Å². The summed E-state index contributed by atoms with van der Waals surface area (Å²) in [6.07, 6.45) is 0.833. The molecule has 0 aliphatic heterocycles. The maximum absolute atomic E-state index is 13.4.